The monoisotopic (exact) mass is 420 g/mol. The molecule has 3 rings (SSSR count). The topological polar surface area (TPSA) is 34.1 Å². The Morgan fingerprint density at radius 2 is 1.54 bits per heavy atom. The van der Waals surface area contributed by atoms with Crippen LogP contribution in [0.25, 0.3) is 0 Å². The molecule has 13 heavy (non-hydrogen) atoms. The molecule has 0 radical (unpaired) electrons. The predicted octanol–water partition coefficient (Wildman–Crippen LogP) is 2.05. The fourth-order valence-electron chi connectivity index (χ4n) is 2.19. The molecule has 2 nitrogen and oxygen atoms in total. The molecule has 1 saturated carbocycles. The third kappa shape index (κ3) is 0.759. The van der Waals surface area contributed by atoms with Gasteiger partial charge in [-0.05, 0) is 0 Å². The smallest absolute Gasteiger partial charge is 0.188 e. The third-order valence-corrected chi connectivity index (χ3v) is 11.2. The lowest BCUT2D eigenvalue weighted by Gasteiger charge is -2.29. The zero-order chi connectivity index (χ0) is 9.48. The molecule has 2 atom stereocenters. The fraction of sp³-hybridized carbons (Fsp3) is 0.500. The number of fused-ring (bicyclic) bond motifs is 2. The van der Waals surface area contributed by atoms with Crippen molar-refractivity contribution in [2.45, 2.75) is 5.51 Å². The van der Waals surface area contributed by atoms with Crippen LogP contribution in [-0.2, 0) is 9.84 Å². The normalized spacial score (nSPS) is 59.2. The van der Waals surface area contributed by atoms with Crippen LogP contribution in [-0.4, -0.2) is 13.9 Å². The molecule has 0 spiro atoms. The molecular weight excluding hydrogens is 414 g/mol. The van der Waals surface area contributed by atoms with Gasteiger partial charge >= 0.3 is 0 Å². The summed E-state index contributed by atoms with van der Waals surface area (Å²) in [5, 5.41) is 0. The Balaban J connectivity index is 2.41. The Kier molecular flexibility index (Phi) is 1.54. The lowest BCUT2D eigenvalue weighted by atomic mass is 10.3. The fourth-order valence-corrected chi connectivity index (χ4v) is 9.16. The van der Waals surface area contributed by atoms with Gasteiger partial charge in [0, 0.05) is 11.8 Å². The molecule has 2 unspecified atom stereocenters. The molecule has 0 aromatic rings. The van der Waals surface area contributed by atoms with Crippen LogP contribution in [0.5, 0.6) is 0 Å². The first-order chi connectivity index (χ1) is 5.93. The molecule has 0 saturated heterocycles. The van der Waals surface area contributed by atoms with Crippen molar-refractivity contribution in [3.8, 4) is 0 Å². The van der Waals surface area contributed by atoms with E-state index in [1.54, 1.807) is 0 Å². The van der Waals surface area contributed by atoms with Crippen molar-refractivity contribution in [3.05, 3.63) is 24.3 Å². The van der Waals surface area contributed by atoms with Crippen molar-refractivity contribution in [2.75, 3.05) is 0 Å². The minimum atomic E-state index is -3.03. The van der Waals surface area contributed by atoms with Crippen LogP contribution in [0.3, 0.4) is 0 Å². The van der Waals surface area contributed by atoms with E-state index in [1.165, 1.54) is 0 Å². The van der Waals surface area contributed by atoms with Gasteiger partial charge in [0.1, 0.15) is 2.75 Å². The van der Waals surface area contributed by atoms with Gasteiger partial charge in [-0.25, -0.2) is 8.42 Å². The molecule has 5 heteroatoms. The van der Waals surface area contributed by atoms with Gasteiger partial charge in [0.25, 0.3) is 0 Å². The number of sulfone groups is 1. The minimum absolute atomic E-state index is 0.222. The first-order valence-corrected chi connectivity index (χ1v) is 7.58. The van der Waals surface area contributed by atoms with Crippen molar-refractivity contribution >= 4 is 55.0 Å². The Morgan fingerprint density at radius 3 is 1.92 bits per heavy atom. The molecule has 1 aliphatic carbocycles. The highest BCUT2D eigenvalue weighted by atomic mass is 127. The first kappa shape index (κ1) is 9.14. The molecule has 0 aromatic carbocycles. The summed E-state index contributed by atoms with van der Waals surface area (Å²) in [6.07, 6.45) is 7.77. The Morgan fingerprint density at radius 1 is 1.08 bits per heavy atom. The number of halogens is 2. The molecule has 0 N–H and O–H groups in total. The van der Waals surface area contributed by atoms with Crippen LogP contribution < -0.4 is 0 Å². The standard InChI is InChI=1S/C8H6I2O2S/c9-7-3-1-5-6(2-4-7)8(5,10)13(7,11)12/h1-6H. The van der Waals surface area contributed by atoms with Gasteiger partial charge < -0.3 is 0 Å². The number of hydrogen-bond donors (Lipinski definition) is 0. The van der Waals surface area contributed by atoms with Crippen LogP contribution in [0.15, 0.2) is 24.3 Å². The maximum atomic E-state index is 12.1. The Hall–Kier alpha value is 0.890. The number of hydrogen-bond acceptors (Lipinski definition) is 2. The van der Waals surface area contributed by atoms with E-state index in [2.05, 4.69) is 34.7 Å². The SMILES string of the molecule is O=S1(=O)C2(I)C=CC3C(C=C2)C31I. The molecule has 2 aliphatic heterocycles. The van der Waals surface area contributed by atoms with Crippen LogP contribution in [0.2, 0.25) is 0 Å². The molecule has 0 aromatic heterocycles. The lowest BCUT2D eigenvalue weighted by molar-refractivity contribution is 0.585. The summed E-state index contributed by atoms with van der Waals surface area (Å²) in [6.45, 7) is 0. The maximum Gasteiger partial charge on any atom is 0.188 e. The van der Waals surface area contributed by atoms with E-state index in [0.717, 1.165) is 0 Å². The highest BCUT2D eigenvalue weighted by Crippen LogP contribution is 2.70. The molecular formula is C8H6I2O2S. The van der Waals surface area contributed by atoms with Gasteiger partial charge in [0.2, 0.25) is 0 Å². The molecule has 1 fully saturated rings. The van der Waals surface area contributed by atoms with Crippen molar-refractivity contribution < 1.29 is 8.42 Å². The van der Waals surface area contributed by atoms with E-state index >= 15 is 0 Å². The summed E-state index contributed by atoms with van der Waals surface area (Å²) in [5.41, 5.74) is 0. The Bertz CT molecular complexity index is 429. The van der Waals surface area contributed by atoms with E-state index in [9.17, 15) is 8.42 Å². The number of alkyl halides is 2. The van der Waals surface area contributed by atoms with Crippen LogP contribution in [0, 0.1) is 11.8 Å². The summed E-state index contributed by atoms with van der Waals surface area (Å²) >= 11 is 4.14. The van der Waals surface area contributed by atoms with Gasteiger partial charge in [-0.2, -0.15) is 0 Å². The minimum Gasteiger partial charge on any atom is -0.225 e. The molecule has 3 aliphatic rings. The van der Waals surface area contributed by atoms with Crippen LogP contribution >= 0.6 is 45.2 Å². The van der Waals surface area contributed by atoms with Gasteiger partial charge in [0.15, 0.2) is 12.6 Å². The van der Waals surface area contributed by atoms with Gasteiger partial charge in [-0.15, -0.1) is 0 Å². The molecule has 70 valence electrons. The Labute approximate surface area is 104 Å². The van der Waals surface area contributed by atoms with Crippen molar-refractivity contribution in [1.29, 1.82) is 0 Å². The zero-order valence-electron chi connectivity index (χ0n) is 6.44. The van der Waals surface area contributed by atoms with E-state index in [0.29, 0.717) is 0 Å². The summed E-state index contributed by atoms with van der Waals surface area (Å²) in [4.78, 5) is 0. The average molecular weight is 420 g/mol. The maximum absolute atomic E-state index is 12.1. The second kappa shape index (κ2) is 2.18. The molecule has 0 amide bonds. The highest BCUT2D eigenvalue weighted by Gasteiger charge is 2.76. The van der Waals surface area contributed by atoms with Crippen LogP contribution in [0.1, 0.15) is 0 Å². The third-order valence-electron chi connectivity index (χ3n) is 3.07. The van der Waals surface area contributed by atoms with Gasteiger partial charge in [-0.3, -0.25) is 0 Å². The largest absolute Gasteiger partial charge is 0.225 e. The van der Waals surface area contributed by atoms with Crippen molar-refractivity contribution in [2.24, 2.45) is 11.8 Å². The van der Waals surface area contributed by atoms with E-state index < -0.39 is 15.3 Å². The molecule has 2 heterocycles. The molecule has 2 bridgehead atoms. The number of allylic oxidation sites excluding steroid dienone is 2. The van der Waals surface area contributed by atoms with Crippen molar-refractivity contribution in [1.82, 2.24) is 0 Å². The predicted molar refractivity (Wildman–Crippen MR) is 67.7 cm³/mol. The number of rotatable bonds is 0. The second-order valence-electron chi connectivity index (χ2n) is 3.67. The summed E-state index contributed by atoms with van der Waals surface area (Å²) in [6, 6.07) is 0. The summed E-state index contributed by atoms with van der Waals surface area (Å²) in [5.74, 6) is 0.444. The first-order valence-electron chi connectivity index (χ1n) is 3.94. The zero-order valence-corrected chi connectivity index (χ0v) is 11.6. The lowest BCUT2D eigenvalue weighted by Crippen LogP contribution is -2.40. The van der Waals surface area contributed by atoms with Gasteiger partial charge in [-0.1, -0.05) is 69.5 Å². The summed E-state index contributed by atoms with van der Waals surface area (Å²) < 4.78 is 23.0. The quantitative estimate of drug-likeness (QED) is 0.342. The second-order valence-corrected chi connectivity index (χ2v) is 11.1. The van der Waals surface area contributed by atoms with Gasteiger partial charge in [0.05, 0.1) is 0 Å². The van der Waals surface area contributed by atoms with E-state index in [-0.39, 0.29) is 11.8 Å². The van der Waals surface area contributed by atoms with E-state index in [4.69, 9.17) is 0 Å². The summed E-state index contributed by atoms with van der Waals surface area (Å²) in [7, 11) is -3.03. The van der Waals surface area contributed by atoms with Crippen molar-refractivity contribution in [3.63, 3.8) is 0 Å². The van der Waals surface area contributed by atoms with E-state index in [1.807, 2.05) is 34.7 Å². The highest BCUT2D eigenvalue weighted by molar-refractivity contribution is 14.1. The van der Waals surface area contributed by atoms with Crippen LogP contribution in [0.4, 0.5) is 0 Å². The average Bonchev–Trinajstić information content (AvgIpc) is 2.68.